The third-order valence-corrected chi connectivity index (χ3v) is 1.15. The SMILES string of the molecule is CCOC(=O)C(=N)C(C=N)C=O. The second-order valence-electron chi connectivity index (χ2n) is 1.96. The lowest BCUT2D eigenvalue weighted by Gasteiger charge is -2.04. The maximum Gasteiger partial charge on any atom is 0.353 e. The summed E-state index contributed by atoms with van der Waals surface area (Å²) in [6.45, 7) is 1.76. The van der Waals surface area contributed by atoms with E-state index in [2.05, 4.69) is 4.74 Å². The third-order valence-electron chi connectivity index (χ3n) is 1.15. The van der Waals surface area contributed by atoms with Crippen LogP contribution in [-0.2, 0) is 14.3 Å². The summed E-state index contributed by atoms with van der Waals surface area (Å²) < 4.78 is 4.46. The van der Waals surface area contributed by atoms with E-state index in [1.807, 2.05) is 0 Å². The lowest BCUT2D eigenvalue weighted by molar-refractivity contribution is -0.135. The van der Waals surface area contributed by atoms with Gasteiger partial charge in [-0.3, -0.25) is 5.41 Å². The molecule has 12 heavy (non-hydrogen) atoms. The summed E-state index contributed by atoms with van der Waals surface area (Å²) in [7, 11) is 0. The molecule has 0 aromatic rings. The maximum absolute atomic E-state index is 10.8. The Hall–Kier alpha value is -1.52. The Morgan fingerprint density at radius 1 is 1.67 bits per heavy atom. The predicted molar refractivity (Wildman–Crippen MR) is 42.7 cm³/mol. The van der Waals surface area contributed by atoms with E-state index in [9.17, 15) is 9.59 Å². The van der Waals surface area contributed by atoms with Crippen LogP contribution in [0.5, 0.6) is 0 Å². The van der Waals surface area contributed by atoms with Crippen molar-refractivity contribution in [2.75, 3.05) is 6.61 Å². The summed E-state index contributed by atoms with van der Waals surface area (Å²) in [6, 6.07) is 0. The molecule has 5 heteroatoms. The average molecular weight is 170 g/mol. The molecule has 0 amide bonds. The van der Waals surface area contributed by atoms with Gasteiger partial charge in [-0.15, -0.1) is 0 Å². The Labute approximate surface area is 69.7 Å². The molecule has 0 aliphatic carbocycles. The summed E-state index contributed by atoms with van der Waals surface area (Å²) in [5, 5.41) is 13.8. The standard InChI is InChI=1S/C7H10N2O3/c1-2-12-7(11)6(9)5(3-8)4-10/h3-5,8-9H,2H2,1H3. The molecule has 5 nitrogen and oxygen atoms in total. The van der Waals surface area contributed by atoms with Gasteiger partial charge in [0, 0.05) is 6.21 Å². The van der Waals surface area contributed by atoms with Crippen LogP contribution in [-0.4, -0.2) is 30.8 Å². The molecule has 1 unspecified atom stereocenters. The van der Waals surface area contributed by atoms with E-state index in [1.165, 1.54) is 0 Å². The highest BCUT2D eigenvalue weighted by Gasteiger charge is 2.19. The number of carbonyl (C=O) groups is 2. The summed E-state index contributed by atoms with van der Waals surface area (Å²) in [5.74, 6) is -1.93. The van der Waals surface area contributed by atoms with E-state index in [0.717, 1.165) is 6.21 Å². The van der Waals surface area contributed by atoms with Crippen LogP contribution in [0.3, 0.4) is 0 Å². The maximum atomic E-state index is 10.8. The highest BCUT2D eigenvalue weighted by atomic mass is 16.5. The van der Waals surface area contributed by atoms with Crippen LogP contribution in [0.2, 0.25) is 0 Å². The number of rotatable bonds is 5. The fourth-order valence-corrected chi connectivity index (χ4v) is 0.536. The molecule has 66 valence electrons. The molecule has 0 saturated heterocycles. The van der Waals surface area contributed by atoms with E-state index in [1.54, 1.807) is 6.92 Å². The van der Waals surface area contributed by atoms with E-state index in [4.69, 9.17) is 10.8 Å². The predicted octanol–water partition coefficient (Wildman–Crippen LogP) is 0.0339. The molecule has 0 bridgehead atoms. The number of esters is 1. The molecule has 2 N–H and O–H groups in total. The minimum absolute atomic E-state index is 0.158. The molecular weight excluding hydrogens is 160 g/mol. The minimum atomic E-state index is -1.08. The number of carbonyl (C=O) groups excluding carboxylic acids is 2. The molecule has 1 atom stereocenters. The van der Waals surface area contributed by atoms with Crippen LogP contribution >= 0.6 is 0 Å². The van der Waals surface area contributed by atoms with Crippen molar-refractivity contribution >= 4 is 24.2 Å². The van der Waals surface area contributed by atoms with E-state index >= 15 is 0 Å². The number of hydrogen-bond donors (Lipinski definition) is 2. The number of ether oxygens (including phenoxy) is 1. The van der Waals surface area contributed by atoms with Crippen molar-refractivity contribution in [3.05, 3.63) is 0 Å². The zero-order valence-electron chi connectivity index (χ0n) is 6.66. The first-order valence-electron chi connectivity index (χ1n) is 3.38. The van der Waals surface area contributed by atoms with Crippen molar-refractivity contribution in [2.45, 2.75) is 6.92 Å². The molecule has 0 aliphatic rings. The van der Waals surface area contributed by atoms with Gasteiger partial charge >= 0.3 is 5.97 Å². The molecule has 0 rings (SSSR count). The highest BCUT2D eigenvalue weighted by molar-refractivity contribution is 6.41. The first-order valence-corrected chi connectivity index (χ1v) is 3.38. The fraction of sp³-hybridized carbons (Fsp3) is 0.429. The van der Waals surface area contributed by atoms with Crippen molar-refractivity contribution < 1.29 is 14.3 Å². The van der Waals surface area contributed by atoms with E-state index in [-0.39, 0.29) is 6.61 Å². The highest BCUT2D eigenvalue weighted by Crippen LogP contribution is 1.93. The molecular formula is C7H10N2O3. The molecule has 0 saturated carbocycles. The molecule has 0 heterocycles. The molecule has 0 radical (unpaired) electrons. The lowest BCUT2D eigenvalue weighted by atomic mass is 10.1. The number of nitrogens with one attached hydrogen (secondary N) is 2. The van der Waals surface area contributed by atoms with Crippen LogP contribution in [0.15, 0.2) is 0 Å². The molecule has 0 aliphatic heterocycles. The average Bonchev–Trinajstić information content (AvgIpc) is 2.07. The van der Waals surface area contributed by atoms with Crippen LogP contribution in [0, 0.1) is 16.7 Å². The zero-order chi connectivity index (χ0) is 9.56. The fourth-order valence-electron chi connectivity index (χ4n) is 0.536. The third kappa shape index (κ3) is 2.61. The molecule has 0 aromatic carbocycles. The minimum Gasteiger partial charge on any atom is -0.461 e. The molecule has 0 aromatic heterocycles. The first-order chi connectivity index (χ1) is 5.67. The van der Waals surface area contributed by atoms with Gasteiger partial charge in [-0.2, -0.15) is 0 Å². The second kappa shape index (κ2) is 5.17. The van der Waals surface area contributed by atoms with Crippen molar-refractivity contribution in [1.29, 1.82) is 10.8 Å². The van der Waals surface area contributed by atoms with Gasteiger partial charge in [0.05, 0.1) is 12.5 Å². The zero-order valence-corrected chi connectivity index (χ0v) is 6.66. The Balaban J connectivity index is 4.25. The van der Waals surface area contributed by atoms with Crippen molar-refractivity contribution in [3.63, 3.8) is 0 Å². The molecule has 0 spiro atoms. The van der Waals surface area contributed by atoms with Gasteiger partial charge in [0.15, 0.2) is 0 Å². The van der Waals surface area contributed by atoms with Gasteiger partial charge in [-0.25, -0.2) is 4.79 Å². The first kappa shape index (κ1) is 10.5. The van der Waals surface area contributed by atoms with Crippen molar-refractivity contribution in [1.82, 2.24) is 0 Å². The van der Waals surface area contributed by atoms with Crippen LogP contribution < -0.4 is 0 Å². The largest absolute Gasteiger partial charge is 0.461 e. The topological polar surface area (TPSA) is 91.1 Å². The summed E-state index contributed by atoms with van der Waals surface area (Å²) in [4.78, 5) is 21.0. The van der Waals surface area contributed by atoms with Crippen molar-refractivity contribution in [3.8, 4) is 0 Å². The smallest absolute Gasteiger partial charge is 0.353 e. The van der Waals surface area contributed by atoms with E-state index < -0.39 is 17.6 Å². The van der Waals surface area contributed by atoms with Gasteiger partial charge in [-0.1, -0.05) is 0 Å². The summed E-state index contributed by atoms with van der Waals surface area (Å²) in [6.07, 6.45) is 1.08. The van der Waals surface area contributed by atoms with Gasteiger partial charge in [-0.05, 0) is 6.92 Å². The van der Waals surface area contributed by atoms with Crippen LogP contribution in [0.25, 0.3) is 0 Å². The van der Waals surface area contributed by atoms with E-state index in [0.29, 0.717) is 6.29 Å². The normalized spacial score (nSPS) is 11.4. The van der Waals surface area contributed by atoms with Gasteiger partial charge < -0.3 is 14.9 Å². The van der Waals surface area contributed by atoms with Crippen LogP contribution in [0.1, 0.15) is 6.92 Å². The van der Waals surface area contributed by atoms with Crippen molar-refractivity contribution in [2.24, 2.45) is 5.92 Å². The Morgan fingerprint density at radius 2 is 2.25 bits per heavy atom. The second-order valence-corrected chi connectivity index (χ2v) is 1.96. The Kier molecular flexibility index (Phi) is 4.52. The Morgan fingerprint density at radius 3 is 2.58 bits per heavy atom. The summed E-state index contributed by atoms with van der Waals surface area (Å²) in [5.41, 5.74) is -0.498. The molecule has 0 fully saturated rings. The lowest BCUT2D eigenvalue weighted by Crippen LogP contribution is -2.26. The number of aldehydes is 1. The van der Waals surface area contributed by atoms with Gasteiger partial charge in [0.25, 0.3) is 0 Å². The monoisotopic (exact) mass is 170 g/mol. The summed E-state index contributed by atoms with van der Waals surface area (Å²) >= 11 is 0. The van der Waals surface area contributed by atoms with Gasteiger partial charge in [0.2, 0.25) is 0 Å². The quantitative estimate of drug-likeness (QED) is 0.346. The van der Waals surface area contributed by atoms with Crippen LogP contribution in [0.4, 0.5) is 0 Å². The Bertz CT molecular complexity index is 205. The van der Waals surface area contributed by atoms with Gasteiger partial charge in [0.1, 0.15) is 12.0 Å². The number of hydrogen-bond acceptors (Lipinski definition) is 5.